The number of benzene rings is 1. The number of hydrogen-bond donors (Lipinski definition) is 1. The maximum Gasteiger partial charge on any atom is 0.328 e. The number of rotatable bonds is 5. The van der Waals surface area contributed by atoms with Gasteiger partial charge in [0, 0.05) is 18.8 Å². The number of carbonyl (C=O) groups is 1. The number of nitrogens with one attached hydrogen (secondary N) is 1. The van der Waals surface area contributed by atoms with Gasteiger partial charge in [0.1, 0.15) is 11.9 Å². The first-order valence-electron chi connectivity index (χ1n) is 5.94. The van der Waals surface area contributed by atoms with Gasteiger partial charge in [-0.1, -0.05) is 30.3 Å². The van der Waals surface area contributed by atoms with Crippen LogP contribution in [0.1, 0.15) is 5.56 Å². The lowest BCUT2D eigenvalue weighted by molar-refractivity contribution is -0.141. The van der Waals surface area contributed by atoms with Crippen LogP contribution in [0.4, 0.5) is 5.82 Å². The molecule has 0 amide bonds. The van der Waals surface area contributed by atoms with Gasteiger partial charge in [-0.05, 0) is 5.56 Å². The molecule has 1 unspecified atom stereocenters. The van der Waals surface area contributed by atoms with Crippen molar-refractivity contribution in [1.29, 1.82) is 0 Å². The number of anilines is 1. The average molecular weight is 257 g/mol. The zero-order valence-corrected chi connectivity index (χ0v) is 10.6. The molecule has 0 aliphatic heterocycles. The van der Waals surface area contributed by atoms with Gasteiger partial charge in [-0.15, -0.1) is 0 Å². The number of hydrogen-bond acceptors (Lipinski definition) is 5. The molecule has 1 atom stereocenters. The van der Waals surface area contributed by atoms with E-state index in [-0.39, 0.29) is 5.97 Å². The van der Waals surface area contributed by atoms with Crippen molar-refractivity contribution in [1.82, 2.24) is 9.97 Å². The minimum absolute atomic E-state index is 0.325. The second-order valence-corrected chi connectivity index (χ2v) is 4.00. The van der Waals surface area contributed by atoms with Gasteiger partial charge in [0.25, 0.3) is 0 Å². The summed E-state index contributed by atoms with van der Waals surface area (Å²) in [6.07, 6.45) is 5.25. The third-order valence-electron chi connectivity index (χ3n) is 2.65. The number of nitrogens with zero attached hydrogens (tertiary/aromatic N) is 2. The summed E-state index contributed by atoms with van der Waals surface area (Å²) in [4.78, 5) is 19.8. The van der Waals surface area contributed by atoms with Crippen molar-refractivity contribution in [3.8, 4) is 0 Å². The molecule has 5 heteroatoms. The summed E-state index contributed by atoms with van der Waals surface area (Å²) in [7, 11) is 1.37. The third kappa shape index (κ3) is 3.77. The van der Waals surface area contributed by atoms with Crippen molar-refractivity contribution in [2.45, 2.75) is 12.5 Å². The van der Waals surface area contributed by atoms with E-state index in [0.717, 1.165) is 5.56 Å². The lowest BCUT2D eigenvalue weighted by Crippen LogP contribution is -2.33. The smallest absolute Gasteiger partial charge is 0.328 e. The van der Waals surface area contributed by atoms with Crippen molar-refractivity contribution < 1.29 is 9.53 Å². The molecule has 0 radical (unpaired) electrons. The van der Waals surface area contributed by atoms with Crippen molar-refractivity contribution in [2.24, 2.45) is 0 Å². The van der Waals surface area contributed by atoms with Crippen LogP contribution < -0.4 is 5.32 Å². The van der Waals surface area contributed by atoms with Crippen LogP contribution in [0, 0.1) is 0 Å². The standard InChI is InChI=1S/C14H15N3O2/c1-19-14(18)12(9-11-5-3-2-4-6-11)17-13-10-15-7-8-16-13/h2-8,10,12H,9H2,1H3,(H,16,17). The summed E-state index contributed by atoms with van der Waals surface area (Å²) in [5.41, 5.74) is 1.05. The lowest BCUT2D eigenvalue weighted by atomic mass is 10.1. The summed E-state index contributed by atoms with van der Waals surface area (Å²) >= 11 is 0. The number of aromatic nitrogens is 2. The lowest BCUT2D eigenvalue weighted by Gasteiger charge is -2.16. The fourth-order valence-electron chi connectivity index (χ4n) is 1.74. The molecule has 0 fully saturated rings. The van der Waals surface area contributed by atoms with E-state index in [1.165, 1.54) is 7.11 Å². The van der Waals surface area contributed by atoms with Gasteiger partial charge in [0.05, 0.1) is 13.3 Å². The van der Waals surface area contributed by atoms with E-state index in [1.54, 1.807) is 18.6 Å². The van der Waals surface area contributed by atoms with Crippen LogP contribution in [0.5, 0.6) is 0 Å². The van der Waals surface area contributed by atoms with Gasteiger partial charge in [0.15, 0.2) is 0 Å². The zero-order valence-electron chi connectivity index (χ0n) is 10.6. The summed E-state index contributed by atoms with van der Waals surface area (Å²) in [5.74, 6) is 0.225. The predicted octanol–water partition coefficient (Wildman–Crippen LogP) is 1.67. The number of methoxy groups -OCH3 is 1. The summed E-state index contributed by atoms with van der Waals surface area (Å²) < 4.78 is 4.81. The average Bonchev–Trinajstić information content (AvgIpc) is 2.48. The maximum atomic E-state index is 11.8. The van der Waals surface area contributed by atoms with Gasteiger partial charge >= 0.3 is 5.97 Å². The van der Waals surface area contributed by atoms with Crippen LogP contribution in [0.3, 0.4) is 0 Å². The van der Waals surface area contributed by atoms with Crippen LogP contribution in [-0.4, -0.2) is 29.1 Å². The Hall–Kier alpha value is -2.43. The predicted molar refractivity (Wildman–Crippen MR) is 71.6 cm³/mol. The monoisotopic (exact) mass is 257 g/mol. The van der Waals surface area contributed by atoms with Crippen LogP contribution in [0.25, 0.3) is 0 Å². The molecule has 5 nitrogen and oxygen atoms in total. The highest BCUT2D eigenvalue weighted by Gasteiger charge is 2.19. The Kier molecular flexibility index (Phi) is 4.44. The van der Waals surface area contributed by atoms with Crippen LogP contribution in [-0.2, 0) is 16.0 Å². The van der Waals surface area contributed by atoms with Crippen molar-refractivity contribution >= 4 is 11.8 Å². The van der Waals surface area contributed by atoms with E-state index < -0.39 is 6.04 Å². The minimum Gasteiger partial charge on any atom is -0.467 e. The molecule has 1 heterocycles. The first-order chi connectivity index (χ1) is 9.29. The summed E-state index contributed by atoms with van der Waals surface area (Å²) in [6, 6.07) is 9.26. The largest absolute Gasteiger partial charge is 0.467 e. The number of ether oxygens (including phenoxy) is 1. The fraction of sp³-hybridized carbons (Fsp3) is 0.214. The Morgan fingerprint density at radius 1 is 1.32 bits per heavy atom. The van der Waals surface area contributed by atoms with Gasteiger partial charge in [-0.2, -0.15) is 0 Å². The van der Waals surface area contributed by atoms with E-state index >= 15 is 0 Å². The van der Waals surface area contributed by atoms with Crippen LogP contribution in [0.2, 0.25) is 0 Å². The van der Waals surface area contributed by atoms with E-state index in [4.69, 9.17) is 4.74 Å². The maximum absolute atomic E-state index is 11.8. The van der Waals surface area contributed by atoms with E-state index in [0.29, 0.717) is 12.2 Å². The highest BCUT2D eigenvalue weighted by molar-refractivity contribution is 5.79. The number of esters is 1. The first-order valence-corrected chi connectivity index (χ1v) is 5.94. The molecular weight excluding hydrogens is 242 g/mol. The molecule has 0 saturated heterocycles. The Balaban J connectivity index is 2.10. The molecule has 0 aliphatic rings. The molecule has 0 aliphatic carbocycles. The Labute approximate surface area is 111 Å². The molecule has 1 aromatic heterocycles. The molecule has 0 spiro atoms. The molecule has 98 valence electrons. The van der Waals surface area contributed by atoms with Gasteiger partial charge < -0.3 is 10.1 Å². The molecule has 19 heavy (non-hydrogen) atoms. The van der Waals surface area contributed by atoms with Crippen molar-refractivity contribution in [3.05, 3.63) is 54.5 Å². The van der Waals surface area contributed by atoms with Gasteiger partial charge in [-0.3, -0.25) is 4.98 Å². The number of carbonyl (C=O) groups excluding carboxylic acids is 1. The minimum atomic E-state index is -0.482. The highest BCUT2D eigenvalue weighted by atomic mass is 16.5. The van der Waals surface area contributed by atoms with Crippen LogP contribution >= 0.6 is 0 Å². The third-order valence-corrected chi connectivity index (χ3v) is 2.65. The van der Waals surface area contributed by atoms with Gasteiger partial charge in [0.2, 0.25) is 0 Å². The Morgan fingerprint density at radius 2 is 2.11 bits per heavy atom. The molecule has 1 N–H and O–H groups in total. The van der Waals surface area contributed by atoms with E-state index in [9.17, 15) is 4.79 Å². The van der Waals surface area contributed by atoms with E-state index in [2.05, 4.69) is 15.3 Å². The van der Waals surface area contributed by atoms with Crippen LogP contribution in [0.15, 0.2) is 48.9 Å². The van der Waals surface area contributed by atoms with E-state index in [1.807, 2.05) is 30.3 Å². The zero-order chi connectivity index (χ0) is 13.5. The summed E-state index contributed by atoms with van der Waals surface area (Å²) in [6.45, 7) is 0. The molecule has 1 aromatic carbocycles. The van der Waals surface area contributed by atoms with Crippen molar-refractivity contribution in [3.63, 3.8) is 0 Å². The quantitative estimate of drug-likeness (QED) is 0.825. The molecular formula is C14H15N3O2. The first kappa shape index (κ1) is 13.0. The second kappa shape index (κ2) is 6.49. The Bertz CT molecular complexity index is 475. The summed E-state index contributed by atoms with van der Waals surface area (Å²) in [5, 5.41) is 3.03. The molecule has 2 aromatic rings. The van der Waals surface area contributed by atoms with Gasteiger partial charge in [-0.25, -0.2) is 9.78 Å². The second-order valence-electron chi connectivity index (χ2n) is 4.00. The Morgan fingerprint density at radius 3 is 2.74 bits per heavy atom. The topological polar surface area (TPSA) is 64.1 Å². The molecule has 0 saturated carbocycles. The fourth-order valence-corrected chi connectivity index (χ4v) is 1.74. The molecule has 2 rings (SSSR count). The highest BCUT2D eigenvalue weighted by Crippen LogP contribution is 2.09. The molecule has 0 bridgehead atoms. The SMILES string of the molecule is COC(=O)C(Cc1ccccc1)Nc1cnccn1. The van der Waals surface area contributed by atoms with Crippen molar-refractivity contribution in [2.75, 3.05) is 12.4 Å². The normalized spacial score (nSPS) is 11.6.